The zero-order chi connectivity index (χ0) is 11.8. The van der Waals surface area contributed by atoms with Gasteiger partial charge in [-0.1, -0.05) is 0 Å². The second-order valence-electron chi connectivity index (χ2n) is 3.46. The molecular formula is C12H18BrNO2. The van der Waals surface area contributed by atoms with Gasteiger partial charge in [-0.15, -0.1) is 0 Å². The molecule has 0 saturated carbocycles. The number of unbranched alkanes of at least 4 members (excludes halogenated alkanes) is 1. The van der Waals surface area contributed by atoms with E-state index < -0.39 is 0 Å². The highest BCUT2D eigenvalue weighted by atomic mass is 79.9. The maximum atomic E-state index is 5.65. The minimum atomic E-state index is 0.743. The number of nitrogens with one attached hydrogen (secondary N) is 1. The van der Waals surface area contributed by atoms with Crippen molar-refractivity contribution in [2.24, 2.45) is 0 Å². The van der Waals surface area contributed by atoms with E-state index in [-0.39, 0.29) is 0 Å². The number of halogens is 1. The SMILES string of the molecule is CNCCCCOc1ccc(OC)cc1Br. The summed E-state index contributed by atoms with van der Waals surface area (Å²) in [5, 5.41) is 3.11. The zero-order valence-corrected chi connectivity index (χ0v) is 11.3. The molecule has 1 aromatic carbocycles. The molecule has 1 aromatic rings. The summed E-state index contributed by atoms with van der Waals surface area (Å²) in [6.07, 6.45) is 2.18. The maximum absolute atomic E-state index is 5.65. The maximum Gasteiger partial charge on any atom is 0.133 e. The predicted molar refractivity (Wildman–Crippen MR) is 69.3 cm³/mol. The lowest BCUT2D eigenvalue weighted by Crippen LogP contribution is -2.09. The van der Waals surface area contributed by atoms with Crippen LogP contribution >= 0.6 is 15.9 Å². The molecule has 0 amide bonds. The monoisotopic (exact) mass is 287 g/mol. The first-order valence-electron chi connectivity index (χ1n) is 5.39. The second kappa shape index (κ2) is 7.52. The van der Waals surface area contributed by atoms with Gasteiger partial charge >= 0.3 is 0 Å². The summed E-state index contributed by atoms with van der Waals surface area (Å²) in [6, 6.07) is 5.72. The Bertz CT molecular complexity index is 318. The highest BCUT2D eigenvalue weighted by Gasteiger charge is 2.02. The van der Waals surface area contributed by atoms with E-state index in [2.05, 4.69) is 21.2 Å². The lowest BCUT2D eigenvalue weighted by Gasteiger charge is -2.09. The van der Waals surface area contributed by atoms with Gasteiger partial charge in [-0.25, -0.2) is 0 Å². The lowest BCUT2D eigenvalue weighted by molar-refractivity contribution is 0.304. The van der Waals surface area contributed by atoms with E-state index in [0.717, 1.165) is 42.0 Å². The van der Waals surface area contributed by atoms with Gasteiger partial charge in [0, 0.05) is 0 Å². The van der Waals surface area contributed by atoms with Gasteiger partial charge in [0.25, 0.3) is 0 Å². The van der Waals surface area contributed by atoms with Gasteiger partial charge in [0.05, 0.1) is 18.2 Å². The topological polar surface area (TPSA) is 30.5 Å². The van der Waals surface area contributed by atoms with Crippen LogP contribution in [0, 0.1) is 0 Å². The third kappa shape index (κ3) is 4.41. The Kier molecular flexibility index (Phi) is 6.26. The van der Waals surface area contributed by atoms with Crippen molar-refractivity contribution < 1.29 is 9.47 Å². The molecule has 0 bridgehead atoms. The van der Waals surface area contributed by atoms with Crippen LogP contribution in [0.3, 0.4) is 0 Å². The van der Waals surface area contributed by atoms with E-state index in [1.54, 1.807) is 7.11 Å². The Morgan fingerprint density at radius 1 is 1.31 bits per heavy atom. The van der Waals surface area contributed by atoms with Crippen molar-refractivity contribution >= 4 is 15.9 Å². The molecule has 4 heteroatoms. The first-order valence-corrected chi connectivity index (χ1v) is 6.18. The summed E-state index contributed by atoms with van der Waals surface area (Å²) in [6.45, 7) is 1.78. The molecule has 0 spiro atoms. The summed E-state index contributed by atoms with van der Waals surface area (Å²) < 4.78 is 11.7. The van der Waals surface area contributed by atoms with Gasteiger partial charge in [-0.3, -0.25) is 0 Å². The average molecular weight is 288 g/mol. The first-order chi connectivity index (χ1) is 7.77. The standard InChI is InChI=1S/C12H18BrNO2/c1-14-7-3-4-8-16-12-6-5-10(15-2)9-11(12)13/h5-6,9,14H,3-4,7-8H2,1-2H3. The van der Waals surface area contributed by atoms with Gasteiger partial charge in [-0.05, 0) is 60.6 Å². The minimum Gasteiger partial charge on any atom is -0.497 e. The number of benzene rings is 1. The van der Waals surface area contributed by atoms with Crippen molar-refractivity contribution in [3.8, 4) is 11.5 Å². The Morgan fingerprint density at radius 2 is 2.12 bits per heavy atom. The molecule has 0 heterocycles. The predicted octanol–water partition coefficient (Wildman–Crippen LogP) is 2.84. The number of hydrogen-bond acceptors (Lipinski definition) is 3. The molecule has 0 radical (unpaired) electrons. The Morgan fingerprint density at radius 3 is 2.75 bits per heavy atom. The van der Waals surface area contributed by atoms with E-state index >= 15 is 0 Å². The fraction of sp³-hybridized carbons (Fsp3) is 0.500. The van der Waals surface area contributed by atoms with Crippen LogP contribution in [0.25, 0.3) is 0 Å². The minimum absolute atomic E-state index is 0.743. The lowest BCUT2D eigenvalue weighted by atomic mass is 10.3. The van der Waals surface area contributed by atoms with Crippen LogP contribution in [0.4, 0.5) is 0 Å². The molecule has 3 nitrogen and oxygen atoms in total. The number of methoxy groups -OCH3 is 1. The van der Waals surface area contributed by atoms with E-state index in [0.29, 0.717) is 0 Å². The highest BCUT2D eigenvalue weighted by molar-refractivity contribution is 9.10. The molecule has 0 atom stereocenters. The van der Waals surface area contributed by atoms with Crippen LogP contribution in [0.15, 0.2) is 22.7 Å². The van der Waals surface area contributed by atoms with E-state index in [4.69, 9.17) is 9.47 Å². The summed E-state index contributed by atoms with van der Waals surface area (Å²) in [7, 11) is 3.61. The smallest absolute Gasteiger partial charge is 0.133 e. The Labute approximate surface area is 105 Å². The number of hydrogen-bond donors (Lipinski definition) is 1. The summed E-state index contributed by atoms with van der Waals surface area (Å²) in [5.41, 5.74) is 0. The highest BCUT2D eigenvalue weighted by Crippen LogP contribution is 2.29. The molecule has 0 fully saturated rings. The average Bonchev–Trinajstić information content (AvgIpc) is 2.30. The Balaban J connectivity index is 2.36. The van der Waals surface area contributed by atoms with Crippen LogP contribution in [-0.4, -0.2) is 27.3 Å². The van der Waals surface area contributed by atoms with E-state index in [9.17, 15) is 0 Å². The van der Waals surface area contributed by atoms with Crippen LogP contribution in [0.1, 0.15) is 12.8 Å². The van der Waals surface area contributed by atoms with Crippen molar-refractivity contribution in [1.29, 1.82) is 0 Å². The van der Waals surface area contributed by atoms with Crippen molar-refractivity contribution in [3.63, 3.8) is 0 Å². The summed E-state index contributed by atoms with van der Waals surface area (Å²) in [4.78, 5) is 0. The summed E-state index contributed by atoms with van der Waals surface area (Å²) >= 11 is 3.45. The van der Waals surface area contributed by atoms with Crippen LogP contribution < -0.4 is 14.8 Å². The van der Waals surface area contributed by atoms with Crippen molar-refractivity contribution in [2.45, 2.75) is 12.8 Å². The van der Waals surface area contributed by atoms with Gasteiger partial charge in [0.15, 0.2) is 0 Å². The molecule has 1 N–H and O–H groups in total. The summed E-state index contributed by atoms with van der Waals surface area (Å²) in [5.74, 6) is 1.69. The fourth-order valence-electron chi connectivity index (χ4n) is 1.31. The molecule has 16 heavy (non-hydrogen) atoms. The molecule has 0 aliphatic heterocycles. The molecule has 0 saturated heterocycles. The largest absolute Gasteiger partial charge is 0.497 e. The van der Waals surface area contributed by atoms with Crippen LogP contribution in [0.5, 0.6) is 11.5 Å². The molecule has 0 aromatic heterocycles. The van der Waals surface area contributed by atoms with E-state index in [1.807, 2.05) is 25.2 Å². The van der Waals surface area contributed by atoms with E-state index in [1.165, 1.54) is 0 Å². The van der Waals surface area contributed by atoms with Gasteiger partial charge in [0.1, 0.15) is 11.5 Å². The number of ether oxygens (including phenoxy) is 2. The first kappa shape index (κ1) is 13.3. The normalized spacial score (nSPS) is 10.2. The molecule has 0 aliphatic rings. The quantitative estimate of drug-likeness (QED) is 0.783. The van der Waals surface area contributed by atoms with Crippen molar-refractivity contribution in [3.05, 3.63) is 22.7 Å². The molecular weight excluding hydrogens is 270 g/mol. The van der Waals surface area contributed by atoms with Crippen LogP contribution in [0.2, 0.25) is 0 Å². The van der Waals surface area contributed by atoms with Crippen LogP contribution in [-0.2, 0) is 0 Å². The zero-order valence-electron chi connectivity index (χ0n) is 9.75. The van der Waals surface area contributed by atoms with Crippen molar-refractivity contribution in [1.82, 2.24) is 5.32 Å². The molecule has 90 valence electrons. The Hall–Kier alpha value is -0.740. The van der Waals surface area contributed by atoms with Gasteiger partial charge in [0.2, 0.25) is 0 Å². The second-order valence-corrected chi connectivity index (χ2v) is 4.31. The third-order valence-corrected chi connectivity index (χ3v) is 2.84. The van der Waals surface area contributed by atoms with Gasteiger partial charge in [-0.2, -0.15) is 0 Å². The fourth-order valence-corrected chi connectivity index (χ4v) is 1.78. The third-order valence-electron chi connectivity index (χ3n) is 2.22. The van der Waals surface area contributed by atoms with Gasteiger partial charge < -0.3 is 14.8 Å². The molecule has 0 aliphatic carbocycles. The van der Waals surface area contributed by atoms with Crippen molar-refractivity contribution in [2.75, 3.05) is 27.3 Å². The number of rotatable bonds is 7. The molecule has 1 rings (SSSR count). The molecule has 0 unspecified atom stereocenters.